The Bertz CT molecular complexity index is 485. The SMILES string of the molecule is CN(C(=O)c1scc2c1CCCC2)C1COCC1O. The molecule has 1 amide bonds. The zero-order valence-corrected chi connectivity index (χ0v) is 11.9. The summed E-state index contributed by atoms with van der Waals surface area (Å²) in [4.78, 5) is 15.1. The van der Waals surface area contributed by atoms with Crippen LogP contribution in [0.2, 0.25) is 0 Å². The second-order valence-electron chi connectivity index (χ2n) is 5.36. The van der Waals surface area contributed by atoms with E-state index in [4.69, 9.17) is 4.74 Å². The maximum absolute atomic E-state index is 12.6. The van der Waals surface area contributed by atoms with Crippen molar-refractivity contribution in [3.05, 3.63) is 21.4 Å². The molecule has 1 aliphatic heterocycles. The van der Waals surface area contributed by atoms with E-state index in [1.54, 1.807) is 23.3 Å². The Morgan fingerprint density at radius 3 is 2.95 bits per heavy atom. The van der Waals surface area contributed by atoms with Crippen LogP contribution in [0.4, 0.5) is 0 Å². The first-order valence-electron chi connectivity index (χ1n) is 6.80. The molecule has 2 unspecified atom stereocenters. The number of carbonyl (C=O) groups is 1. The van der Waals surface area contributed by atoms with Gasteiger partial charge in [0.1, 0.15) is 0 Å². The van der Waals surface area contributed by atoms with Gasteiger partial charge in [0.25, 0.3) is 5.91 Å². The molecule has 1 aliphatic carbocycles. The maximum atomic E-state index is 12.6. The van der Waals surface area contributed by atoms with Crippen LogP contribution in [0.25, 0.3) is 0 Å². The number of aliphatic hydroxyl groups excluding tert-OH is 1. The quantitative estimate of drug-likeness (QED) is 0.893. The van der Waals surface area contributed by atoms with Crippen molar-refractivity contribution in [3.63, 3.8) is 0 Å². The summed E-state index contributed by atoms with van der Waals surface area (Å²) in [6.45, 7) is 0.752. The predicted octanol–water partition coefficient (Wildman–Crippen LogP) is 1.46. The summed E-state index contributed by atoms with van der Waals surface area (Å²) in [6.07, 6.45) is 3.94. The minimum atomic E-state index is -0.565. The molecule has 3 rings (SSSR count). The fourth-order valence-corrected chi connectivity index (χ4v) is 4.05. The molecule has 0 saturated carbocycles. The molecule has 0 spiro atoms. The molecular formula is C14H19NO3S. The molecule has 2 atom stereocenters. The van der Waals surface area contributed by atoms with Crippen molar-refractivity contribution < 1.29 is 14.6 Å². The number of aryl methyl sites for hydroxylation is 1. The Morgan fingerprint density at radius 1 is 1.42 bits per heavy atom. The summed E-state index contributed by atoms with van der Waals surface area (Å²) in [5, 5.41) is 12.0. The molecule has 19 heavy (non-hydrogen) atoms. The largest absolute Gasteiger partial charge is 0.388 e. The minimum Gasteiger partial charge on any atom is -0.388 e. The topological polar surface area (TPSA) is 49.8 Å². The van der Waals surface area contributed by atoms with Crippen LogP contribution < -0.4 is 0 Å². The first-order chi connectivity index (χ1) is 9.18. The van der Waals surface area contributed by atoms with Crippen molar-refractivity contribution in [3.8, 4) is 0 Å². The lowest BCUT2D eigenvalue weighted by Crippen LogP contribution is -2.44. The van der Waals surface area contributed by atoms with Crippen LogP contribution >= 0.6 is 11.3 Å². The van der Waals surface area contributed by atoms with Crippen LogP contribution in [-0.4, -0.2) is 48.3 Å². The van der Waals surface area contributed by atoms with Crippen molar-refractivity contribution in [2.75, 3.05) is 20.3 Å². The smallest absolute Gasteiger partial charge is 0.264 e. The molecule has 4 nitrogen and oxygen atoms in total. The third-order valence-electron chi connectivity index (χ3n) is 4.14. The zero-order chi connectivity index (χ0) is 13.4. The summed E-state index contributed by atoms with van der Waals surface area (Å²) in [7, 11) is 1.76. The summed E-state index contributed by atoms with van der Waals surface area (Å²) in [6, 6.07) is -0.214. The zero-order valence-electron chi connectivity index (χ0n) is 11.1. The number of nitrogens with zero attached hydrogens (tertiary/aromatic N) is 1. The summed E-state index contributed by atoms with van der Waals surface area (Å²) in [5.74, 6) is 0.0303. The number of amides is 1. The van der Waals surface area contributed by atoms with E-state index in [1.165, 1.54) is 24.0 Å². The lowest BCUT2D eigenvalue weighted by molar-refractivity contribution is 0.0584. The second-order valence-corrected chi connectivity index (χ2v) is 6.24. The summed E-state index contributed by atoms with van der Waals surface area (Å²) >= 11 is 1.55. The molecule has 0 bridgehead atoms. The number of fused-ring (bicyclic) bond motifs is 1. The highest BCUT2D eigenvalue weighted by Gasteiger charge is 2.34. The number of hydrogen-bond acceptors (Lipinski definition) is 4. The first kappa shape index (κ1) is 13.1. The van der Waals surface area contributed by atoms with E-state index in [9.17, 15) is 9.90 Å². The van der Waals surface area contributed by atoms with Crippen molar-refractivity contribution in [2.45, 2.75) is 37.8 Å². The van der Waals surface area contributed by atoms with Gasteiger partial charge in [-0.15, -0.1) is 11.3 Å². The van der Waals surface area contributed by atoms with Gasteiger partial charge in [0.15, 0.2) is 0 Å². The molecule has 5 heteroatoms. The van der Waals surface area contributed by atoms with E-state index >= 15 is 0 Å². The Morgan fingerprint density at radius 2 is 2.21 bits per heavy atom. The lowest BCUT2D eigenvalue weighted by Gasteiger charge is -2.26. The molecule has 1 fully saturated rings. The van der Waals surface area contributed by atoms with Crippen LogP contribution in [0.15, 0.2) is 5.38 Å². The molecule has 2 heterocycles. The molecule has 104 valence electrons. The Labute approximate surface area is 117 Å². The standard InChI is InChI=1S/C14H19NO3S/c1-15(11-6-18-7-12(11)16)14(17)13-10-5-3-2-4-9(10)8-19-13/h8,11-12,16H,2-7H2,1H3. The highest BCUT2D eigenvalue weighted by atomic mass is 32.1. The monoisotopic (exact) mass is 281 g/mol. The molecule has 1 N–H and O–H groups in total. The highest BCUT2D eigenvalue weighted by molar-refractivity contribution is 7.12. The van der Waals surface area contributed by atoms with E-state index in [0.29, 0.717) is 13.2 Å². The summed E-state index contributed by atoms with van der Waals surface area (Å²) < 4.78 is 5.23. The van der Waals surface area contributed by atoms with E-state index in [-0.39, 0.29) is 11.9 Å². The fourth-order valence-electron chi connectivity index (χ4n) is 2.91. The number of likely N-dealkylation sites (N-methyl/N-ethyl adjacent to an activating group) is 1. The highest BCUT2D eigenvalue weighted by Crippen LogP contribution is 2.31. The van der Waals surface area contributed by atoms with Gasteiger partial charge in [-0.25, -0.2) is 0 Å². The fraction of sp³-hybridized carbons (Fsp3) is 0.643. The van der Waals surface area contributed by atoms with E-state index in [0.717, 1.165) is 17.7 Å². The van der Waals surface area contributed by atoms with Crippen LogP contribution in [0.1, 0.15) is 33.6 Å². The average molecular weight is 281 g/mol. The van der Waals surface area contributed by atoms with E-state index in [1.807, 2.05) is 0 Å². The molecule has 1 saturated heterocycles. The van der Waals surface area contributed by atoms with Gasteiger partial charge in [-0.2, -0.15) is 0 Å². The maximum Gasteiger partial charge on any atom is 0.264 e. The Balaban J connectivity index is 1.81. The number of thiophene rings is 1. The minimum absolute atomic E-state index is 0.0303. The van der Waals surface area contributed by atoms with Crippen LogP contribution in [0.3, 0.4) is 0 Å². The van der Waals surface area contributed by atoms with Gasteiger partial charge in [-0.1, -0.05) is 0 Å². The molecular weight excluding hydrogens is 262 g/mol. The number of aliphatic hydroxyl groups is 1. The predicted molar refractivity (Wildman–Crippen MR) is 73.7 cm³/mol. The van der Waals surface area contributed by atoms with Gasteiger partial charge in [-0.05, 0) is 42.2 Å². The molecule has 1 aromatic heterocycles. The number of hydrogen-bond donors (Lipinski definition) is 1. The number of rotatable bonds is 2. The second kappa shape index (κ2) is 5.23. The van der Waals surface area contributed by atoms with Gasteiger partial charge in [-0.3, -0.25) is 4.79 Å². The van der Waals surface area contributed by atoms with Gasteiger partial charge in [0, 0.05) is 7.05 Å². The molecule has 0 radical (unpaired) electrons. The van der Waals surface area contributed by atoms with Crippen molar-refractivity contribution in [1.82, 2.24) is 4.90 Å². The van der Waals surface area contributed by atoms with Gasteiger partial charge >= 0.3 is 0 Å². The molecule has 0 aromatic carbocycles. The van der Waals surface area contributed by atoms with Crippen molar-refractivity contribution >= 4 is 17.2 Å². The normalized spacial score (nSPS) is 26.2. The van der Waals surface area contributed by atoms with E-state index in [2.05, 4.69) is 5.38 Å². The third-order valence-corrected chi connectivity index (χ3v) is 5.20. The van der Waals surface area contributed by atoms with E-state index < -0.39 is 6.10 Å². The molecule has 2 aliphatic rings. The number of carbonyl (C=O) groups excluding carboxylic acids is 1. The lowest BCUT2D eigenvalue weighted by atomic mass is 9.93. The molecule has 1 aromatic rings. The van der Waals surface area contributed by atoms with Crippen LogP contribution in [0, 0.1) is 0 Å². The third kappa shape index (κ3) is 2.30. The first-order valence-corrected chi connectivity index (χ1v) is 7.68. The average Bonchev–Trinajstić information content (AvgIpc) is 3.03. The van der Waals surface area contributed by atoms with Gasteiger partial charge < -0.3 is 14.7 Å². The summed E-state index contributed by atoms with van der Waals surface area (Å²) in [5.41, 5.74) is 2.58. The van der Waals surface area contributed by atoms with Crippen LogP contribution in [-0.2, 0) is 17.6 Å². The Hall–Kier alpha value is -0.910. The van der Waals surface area contributed by atoms with Crippen molar-refractivity contribution in [2.24, 2.45) is 0 Å². The van der Waals surface area contributed by atoms with Crippen LogP contribution in [0.5, 0.6) is 0 Å². The number of ether oxygens (including phenoxy) is 1. The van der Waals surface area contributed by atoms with Gasteiger partial charge in [0.05, 0.1) is 30.2 Å². The van der Waals surface area contributed by atoms with Crippen molar-refractivity contribution in [1.29, 1.82) is 0 Å². The Kier molecular flexibility index (Phi) is 3.60. The van der Waals surface area contributed by atoms with Gasteiger partial charge in [0.2, 0.25) is 0 Å².